The number of rotatable bonds is 0. The van der Waals surface area contributed by atoms with E-state index in [0.717, 1.165) is 5.82 Å². The predicted molar refractivity (Wildman–Crippen MR) is 74.4 cm³/mol. The molecule has 3 atom stereocenters. The van der Waals surface area contributed by atoms with Gasteiger partial charge in [-0.25, -0.2) is 0 Å². The summed E-state index contributed by atoms with van der Waals surface area (Å²) in [6.07, 6.45) is 12.7. The van der Waals surface area contributed by atoms with Gasteiger partial charge in [-0.1, -0.05) is 44.3 Å². The lowest BCUT2D eigenvalue weighted by molar-refractivity contribution is 0.482. The fraction of sp³-hybridized carbons (Fsp3) is 1.00. The zero-order valence-corrected chi connectivity index (χ0v) is 11.0. The molecule has 0 radical (unpaired) electrons. The Morgan fingerprint density at radius 3 is 1.62 bits per heavy atom. The molecule has 0 heterocycles. The molecule has 1 aliphatic rings. The van der Waals surface area contributed by atoms with Crippen LogP contribution in [0.2, 0.25) is 5.82 Å². The van der Waals surface area contributed by atoms with Crippen molar-refractivity contribution in [2.75, 3.05) is 0 Å². The van der Waals surface area contributed by atoms with Crippen LogP contribution in [0.25, 0.3) is 0 Å². The van der Waals surface area contributed by atoms with Crippen molar-refractivity contribution in [3.05, 3.63) is 0 Å². The average molecular weight is 224 g/mol. The van der Waals surface area contributed by atoms with Gasteiger partial charge in [0.05, 0.1) is 0 Å². The Kier molecular flexibility index (Phi) is 7.14. The molecule has 2 nitrogen and oxygen atoms in total. The summed E-state index contributed by atoms with van der Waals surface area (Å²) in [4.78, 5) is 0. The van der Waals surface area contributed by atoms with Crippen LogP contribution < -0.4 is 11.5 Å². The molecule has 0 spiro atoms. The molecule has 94 valence electrons. The topological polar surface area (TPSA) is 52.0 Å². The van der Waals surface area contributed by atoms with E-state index >= 15 is 0 Å². The summed E-state index contributed by atoms with van der Waals surface area (Å²) in [7, 11) is 2.37. The fourth-order valence-electron chi connectivity index (χ4n) is 2.64. The van der Waals surface area contributed by atoms with Crippen molar-refractivity contribution in [3.8, 4) is 0 Å². The van der Waals surface area contributed by atoms with Crippen molar-refractivity contribution in [1.29, 1.82) is 0 Å². The van der Waals surface area contributed by atoms with Crippen LogP contribution in [0.15, 0.2) is 0 Å². The van der Waals surface area contributed by atoms with E-state index in [1.807, 2.05) is 0 Å². The summed E-state index contributed by atoms with van der Waals surface area (Å²) in [5.41, 5.74) is 12.2. The first-order valence-corrected chi connectivity index (χ1v) is 7.19. The Morgan fingerprint density at radius 1 is 0.625 bits per heavy atom. The standard InChI is InChI=1S/C13H29BN2/c14-11-5-1-2-6-12(15)7-3-4-8-13(16)10-9-11/h11-13H,1-10,14-16H2. The van der Waals surface area contributed by atoms with E-state index in [1.54, 1.807) is 0 Å². The molecule has 0 aromatic heterocycles. The third-order valence-electron chi connectivity index (χ3n) is 3.95. The van der Waals surface area contributed by atoms with Gasteiger partial charge >= 0.3 is 0 Å². The Bertz CT molecular complexity index is 157. The van der Waals surface area contributed by atoms with Gasteiger partial charge in [-0.2, -0.15) is 0 Å². The van der Waals surface area contributed by atoms with Crippen molar-refractivity contribution >= 4 is 7.85 Å². The Labute approximate surface area is 102 Å². The summed E-state index contributed by atoms with van der Waals surface area (Å²) < 4.78 is 0. The van der Waals surface area contributed by atoms with Crippen LogP contribution in [0.5, 0.6) is 0 Å². The molecule has 1 fully saturated rings. The van der Waals surface area contributed by atoms with E-state index in [9.17, 15) is 0 Å². The van der Waals surface area contributed by atoms with Gasteiger partial charge in [0.2, 0.25) is 0 Å². The van der Waals surface area contributed by atoms with E-state index in [-0.39, 0.29) is 0 Å². The number of nitrogens with two attached hydrogens (primary N) is 2. The smallest absolute Gasteiger partial charge is 0.105 e. The van der Waals surface area contributed by atoms with Gasteiger partial charge in [-0.05, 0) is 25.7 Å². The highest BCUT2D eigenvalue weighted by Gasteiger charge is 2.10. The SMILES string of the molecule is BC1CCCCC(N)CCCCC(N)CC1. The second-order valence-electron chi connectivity index (χ2n) is 5.77. The molecule has 1 saturated carbocycles. The molecule has 0 aliphatic heterocycles. The molecule has 0 amide bonds. The van der Waals surface area contributed by atoms with Crippen molar-refractivity contribution < 1.29 is 0 Å². The molecule has 0 bridgehead atoms. The third kappa shape index (κ3) is 6.54. The average Bonchev–Trinajstić information content (AvgIpc) is 2.27. The zero-order chi connectivity index (χ0) is 11.8. The quantitative estimate of drug-likeness (QED) is 0.618. The molecule has 3 unspecified atom stereocenters. The maximum absolute atomic E-state index is 6.12. The first kappa shape index (κ1) is 14.0. The summed E-state index contributed by atoms with van der Waals surface area (Å²) in [5.74, 6) is 0.850. The van der Waals surface area contributed by atoms with Crippen molar-refractivity contribution in [2.45, 2.75) is 82.1 Å². The lowest BCUT2D eigenvalue weighted by Gasteiger charge is -2.14. The Morgan fingerprint density at radius 2 is 1.06 bits per heavy atom. The van der Waals surface area contributed by atoms with Crippen LogP contribution in [0.4, 0.5) is 0 Å². The normalized spacial score (nSPS) is 35.8. The highest BCUT2D eigenvalue weighted by atomic mass is 14.6. The summed E-state index contributed by atoms with van der Waals surface area (Å²) in [6, 6.07) is 0.867. The highest BCUT2D eigenvalue weighted by molar-refractivity contribution is 6.11. The first-order chi connectivity index (χ1) is 7.68. The molecule has 1 rings (SSSR count). The minimum atomic E-state index is 0.430. The van der Waals surface area contributed by atoms with E-state index in [4.69, 9.17) is 11.5 Å². The highest BCUT2D eigenvalue weighted by Crippen LogP contribution is 2.21. The van der Waals surface area contributed by atoms with Crippen molar-refractivity contribution in [2.24, 2.45) is 11.5 Å². The largest absolute Gasteiger partial charge is 0.328 e. The molecule has 16 heavy (non-hydrogen) atoms. The second-order valence-corrected chi connectivity index (χ2v) is 5.77. The molecule has 0 aromatic rings. The summed E-state index contributed by atoms with van der Waals surface area (Å²) in [5, 5.41) is 0. The molecule has 1 aliphatic carbocycles. The van der Waals surface area contributed by atoms with Gasteiger partial charge in [-0.3, -0.25) is 0 Å². The van der Waals surface area contributed by atoms with Crippen LogP contribution in [-0.2, 0) is 0 Å². The van der Waals surface area contributed by atoms with Gasteiger partial charge in [0.1, 0.15) is 7.85 Å². The van der Waals surface area contributed by atoms with Gasteiger partial charge in [-0.15, -0.1) is 0 Å². The van der Waals surface area contributed by atoms with E-state index in [1.165, 1.54) is 64.2 Å². The van der Waals surface area contributed by atoms with Gasteiger partial charge < -0.3 is 11.5 Å². The fourth-order valence-corrected chi connectivity index (χ4v) is 2.64. The molecule has 3 heteroatoms. The van der Waals surface area contributed by atoms with E-state index in [2.05, 4.69) is 7.85 Å². The van der Waals surface area contributed by atoms with Gasteiger partial charge in [0, 0.05) is 12.1 Å². The number of hydrogen-bond acceptors (Lipinski definition) is 2. The Balaban J connectivity index is 2.30. The molecule has 0 aromatic carbocycles. The van der Waals surface area contributed by atoms with Crippen molar-refractivity contribution in [3.63, 3.8) is 0 Å². The molecule has 4 N–H and O–H groups in total. The molecular weight excluding hydrogens is 195 g/mol. The maximum atomic E-state index is 6.12. The van der Waals surface area contributed by atoms with Crippen LogP contribution in [0.1, 0.15) is 64.2 Å². The van der Waals surface area contributed by atoms with Crippen LogP contribution >= 0.6 is 0 Å². The minimum Gasteiger partial charge on any atom is -0.328 e. The van der Waals surface area contributed by atoms with E-state index in [0.29, 0.717) is 12.1 Å². The number of hydrogen-bond donors (Lipinski definition) is 2. The zero-order valence-electron chi connectivity index (χ0n) is 11.0. The van der Waals surface area contributed by atoms with Crippen LogP contribution in [0.3, 0.4) is 0 Å². The predicted octanol–water partition coefficient (Wildman–Crippen LogP) is 1.98. The summed E-state index contributed by atoms with van der Waals surface area (Å²) >= 11 is 0. The monoisotopic (exact) mass is 224 g/mol. The maximum Gasteiger partial charge on any atom is 0.105 e. The van der Waals surface area contributed by atoms with Gasteiger partial charge in [0.25, 0.3) is 0 Å². The van der Waals surface area contributed by atoms with Crippen LogP contribution in [0, 0.1) is 0 Å². The minimum absolute atomic E-state index is 0.430. The van der Waals surface area contributed by atoms with Crippen molar-refractivity contribution in [1.82, 2.24) is 0 Å². The van der Waals surface area contributed by atoms with E-state index < -0.39 is 0 Å². The third-order valence-corrected chi connectivity index (χ3v) is 3.95. The second kappa shape index (κ2) is 8.13. The lowest BCUT2D eigenvalue weighted by Crippen LogP contribution is -2.21. The first-order valence-electron chi connectivity index (χ1n) is 7.19. The summed E-state index contributed by atoms with van der Waals surface area (Å²) in [6.45, 7) is 0. The Hall–Kier alpha value is -0.0151. The van der Waals surface area contributed by atoms with Crippen LogP contribution in [-0.4, -0.2) is 19.9 Å². The molecular formula is C13H29BN2. The molecule has 0 saturated heterocycles. The van der Waals surface area contributed by atoms with Gasteiger partial charge in [0.15, 0.2) is 0 Å². The lowest BCUT2D eigenvalue weighted by atomic mass is 9.78.